The van der Waals surface area contributed by atoms with Crippen molar-refractivity contribution in [2.75, 3.05) is 26.8 Å². The van der Waals surface area contributed by atoms with Gasteiger partial charge in [0.1, 0.15) is 12.2 Å². The van der Waals surface area contributed by atoms with Gasteiger partial charge in [-0.2, -0.15) is 0 Å². The van der Waals surface area contributed by atoms with Crippen LogP contribution in [-0.4, -0.2) is 57.7 Å². The molecule has 6 nitrogen and oxygen atoms in total. The third-order valence-corrected chi connectivity index (χ3v) is 3.67. The third-order valence-electron chi connectivity index (χ3n) is 3.67. The summed E-state index contributed by atoms with van der Waals surface area (Å²) in [6.45, 7) is 7.33. The van der Waals surface area contributed by atoms with Crippen molar-refractivity contribution in [2.24, 2.45) is 5.92 Å². The smallest absolute Gasteiger partial charge is 0.150 e. The minimum absolute atomic E-state index is 0.266. The van der Waals surface area contributed by atoms with Crippen LogP contribution in [0, 0.1) is 5.92 Å². The summed E-state index contributed by atoms with van der Waals surface area (Å²) in [4.78, 5) is 2.30. The maximum Gasteiger partial charge on any atom is 0.150 e. The summed E-state index contributed by atoms with van der Waals surface area (Å²) in [5.41, 5.74) is 0. The second-order valence-electron chi connectivity index (χ2n) is 6.00. The molecule has 6 heteroatoms. The van der Waals surface area contributed by atoms with E-state index in [0.717, 1.165) is 31.8 Å². The highest BCUT2D eigenvalue weighted by Crippen LogP contribution is 2.30. The van der Waals surface area contributed by atoms with Crippen molar-refractivity contribution < 1.29 is 9.84 Å². The largest absolute Gasteiger partial charge is 0.389 e. The number of ether oxygens (including phenoxy) is 1. The van der Waals surface area contributed by atoms with Crippen molar-refractivity contribution in [3.05, 3.63) is 12.2 Å². The molecule has 2 atom stereocenters. The Hall–Kier alpha value is -0.980. The molecule has 1 fully saturated rings. The van der Waals surface area contributed by atoms with E-state index >= 15 is 0 Å². The Labute approximate surface area is 120 Å². The topological polar surface area (TPSA) is 63.4 Å². The Morgan fingerprint density at radius 2 is 2.25 bits per heavy atom. The minimum atomic E-state index is -0.443. The summed E-state index contributed by atoms with van der Waals surface area (Å²) in [5.74, 6) is 1.60. The van der Waals surface area contributed by atoms with Crippen molar-refractivity contribution in [3.63, 3.8) is 0 Å². The molecule has 1 aromatic rings. The third kappa shape index (κ3) is 3.77. The number of aliphatic hydroxyl groups excluding tert-OH is 1. The highest BCUT2D eigenvalue weighted by molar-refractivity contribution is 4.99. The zero-order valence-corrected chi connectivity index (χ0v) is 12.7. The number of aromatic nitrogens is 3. The Morgan fingerprint density at radius 1 is 1.45 bits per heavy atom. The van der Waals surface area contributed by atoms with Crippen LogP contribution in [0.2, 0.25) is 0 Å². The molecule has 0 spiro atoms. The molecule has 0 aromatic carbocycles. The average Bonchev–Trinajstić information content (AvgIpc) is 2.97. The maximum absolute atomic E-state index is 9.93. The molecule has 0 unspecified atom stereocenters. The molecule has 2 rings (SSSR count). The zero-order chi connectivity index (χ0) is 14.5. The van der Waals surface area contributed by atoms with Crippen LogP contribution < -0.4 is 0 Å². The van der Waals surface area contributed by atoms with Gasteiger partial charge in [0.25, 0.3) is 0 Å². The quantitative estimate of drug-likeness (QED) is 0.811. The van der Waals surface area contributed by atoms with Crippen molar-refractivity contribution in [2.45, 2.75) is 45.4 Å². The average molecular weight is 282 g/mol. The molecule has 20 heavy (non-hydrogen) atoms. The number of methoxy groups -OCH3 is 1. The van der Waals surface area contributed by atoms with Crippen LogP contribution in [-0.2, 0) is 11.3 Å². The Kier molecular flexibility index (Phi) is 5.51. The molecule has 0 bridgehead atoms. The van der Waals surface area contributed by atoms with Gasteiger partial charge in [0, 0.05) is 20.2 Å². The van der Waals surface area contributed by atoms with Crippen LogP contribution in [0.1, 0.15) is 38.6 Å². The van der Waals surface area contributed by atoms with Crippen LogP contribution in [0.3, 0.4) is 0 Å². The monoisotopic (exact) mass is 282 g/mol. The van der Waals surface area contributed by atoms with Gasteiger partial charge in [-0.25, -0.2) is 0 Å². The zero-order valence-electron chi connectivity index (χ0n) is 12.7. The first-order chi connectivity index (χ1) is 9.61. The molecule has 1 N–H and O–H groups in total. The van der Waals surface area contributed by atoms with Crippen LogP contribution in [0.5, 0.6) is 0 Å². The molecular weight excluding hydrogens is 256 g/mol. The van der Waals surface area contributed by atoms with Crippen molar-refractivity contribution in [1.82, 2.24) is 19.7 Å². The summed E-state index contributed by atoms with van der Waals surface area (Å²) in [6, 6.07) is 0.266. The van der Waals surface area contributed by atoms with Gasteiger partial charge in [0.05, 0.1) is 18.8 Å². The Morgan fingerprint density at radius 3 is 2.95 bits per heavy atom. The van der Waals surface area contributed by atoms with Gasteiger partial charge in [-0.3, -0.25) is 4.90 Å². The van der Waals surface area contributed by atoms with E-state index in [9.17, 15) is 5.11 Å². The van der Waals surface area contributed by atoms with Crippen LogP contribution >= 0.6 is 0 Å². The molecule has 0 amide bonds. The molecule has 2 heterocycles. The predicted molar refractivity (Wildman–Crippen MR) is 76.3 cm³/mol. The normalized spacial score (nSPS) is 21.8. The van der Waals surface area contributed by atoms with Crippen molar-refractivity contribution in [1.29, 1.82) is 0 Å². The lowest BCUT2D eigenvalue weighted by Gasteiger charge is -2.26. The number of likely N-dealkylation sites (tertiary alicyclic amines) is 1. The number of rotatable bonds is 7. The highest BCUT2D eigenvalue weighted by Gasteiger charge is 2.31. The van der Waals surface area contributed by atoms with E-state index < -0.39 is 6.10 Å². The molecule has 1 aliphatic rings. The van der Waals surface area contributed by atoms with E-state index in [1.54, 1.807) is 7.11 Å². The molecular formula is C14H26N4O2. The molecule has 1 saturated heterocycles. The fourth-order valence-corrected chi connectivity index (χ4v) is 2.91. The van der Waals surface area contributed by atoms with Gasteiger partial charge in [-0.1, -0.05) is 13.8 Å². The number of hydrogen-bond donors (Lipinski definition) is 1. The van der Waals surface area contributed by atoms with Crippen molar-refractivity contribution in [3.8, 4) is 0 Å². The van der Waals surface area contributed by atoms with E-state index in [1.165, 1.54) is 0 Å². The fraction of sp³-hybridized carbons (Fsp3) is 0.857. The van der Waals surface area contributed by atoms with Gasteiger partial charge >= 0.3 is 0 Å². The van der Waals surface area contributed by atoms with Gasteiger partial charge in [0.15, 0.2) is 0 Å². The van der Waals surface area contributed by atoms with Crippen LogP contribution in [0.4, 0.5) is 0 Å². The number of β-amino-alcohol motifs (C(OH)–C–C–N with tert-alkyl or cyclic N) is 1. The SMILES string of the molecule is COC[C@H](O)CN1CCC[C@@H]1c1nncn1CC(C)C. The lowest BCUT2D eigenvalue weighted by molar-refractivity contribution is 0.0334. The molecule has 1 aliphatic heterocycles. The Bertz CT molecular complexity index is 408. The second-order valence-corrected chi connectivity index (χ2v) is 6.00. The van der Waals surface area contributed by atoms with E-state index in [-0.39, 0.29) is 6.04 Å². The summed E-state index contributed by atoms with van der Waals surface area (Å²) >= 11 is 0. The Balaban J connectivity index is 2.05. The highest BCUT2D eigenvalue weighted by atomic mass is 16.5. The van der Waals surface area contributed by atoms with E-state index in [4.69, 9.17) is 4.74 Å². The number of aliphatic hydroxyl groups is 1. The maximum atomic E-state index is 9.93. The van der Waals surface area contributed by atoms with Crippen LogP contribution in [0.15, 0.2) is 6.33 Å². The summed E-state index contributed by atoms with van der Waals surface area (Å²) < 4.78 is 7.16. The first-order valence-electron chi connectivity index (χ1n) is 7.40. The second kappa shape index (κ2) is 7.15. The number of hydrogen-bond acceptors (Lipinski definition) is 5. The molecule has 0 saturated carbocycles. The number of nitrogens with zero attached hydrogens (tertiary/aromatic N) is 4. The van der Waals surface area contributed by atoms with Gasteiger partial charge in [-0.05, 0) is 25.3 Å². The van der Waals surface area contributed by atoms with Crippen LogP contribution in [0.25, 0.3) is 0 Å². The van der Waals surface area contributed by atoms with Gasteiger partial charge in [-0.15, -0.1) is 10.2 Å². The minimum Gasteiger partial charge on any atom is -0.389 e. The molecule has 114 valence electrons. The van der Waals surface area contributed by atoms with E-state index in [0.29, 0.717) is 19.1 Å². The summed E-state index contributed by atoms with van der Waals surface area (Å²) in [7, 11) is 1.62. The summed E-state index contributed by atoms with van der Waals surface area (Å²) in [5, 5.41) is 18.3. The lowest BCUT2D eigenvalue weighted by atomic mass is 10.1. The standard InChI is InChI=1S/C14H26N4O2/c1-11(2)7-18-10-15-16-14(18)13-5-4-6-17(13)8-12(19)9-20-3/h10-13,19H,4-9H2,1-3H3/t12-,13-/m1/s1. The first kappa shape index (κ1) is 15.4. The van der Waals surface area contributed by atoms with Gasteiger partial charge < -0.3 is 14.4 Å². The molecule has 0 aliphatic carbocycles. The lowest BCUT2D eigenvalue weighted by Crippen LogP contribution is -2.35. The predicted octanol–water partition coefficient (Wildman–Crippen LogP) is 1.08. The molecule has 1 aromatic heterocycles. The molecule has 0 radical (unpaired) electrons. The van der Waals surface area contributed by atoms with E-state index in [2.05, 4.69) is 33.5 Å². The van der Waals surface area contributed by atoms with Crippen molar-refractivity contribution >= 4 is 0 Å². The van der Waals surface area contributed by atoms with Gasteiger partial charge in [0.2, 0.25) is 0 Å². The first-order valence-corrected chi connectivity index (χ1v) is 7.40. The van der Waals surface area contributed by atoms with E-state index in [1.807, 2.05) is 6.33 Å². The summed E-state index contributed by atoms with van der Waals surface area (Å²) in [6.07, 6.45) is 3.59. The fourth-order valence-electron chi connectivity index (χ4n) is 2.91.